The summed E-state index contributed by atoms with van der Waals surface area (Å²) in [6, 6.07) is 10.4. The van der Waals surface area contributed by atoms with Crippen LogP contribution in [0.25, 0.3) is 0 Å². The molecule has 2 aliphatic rings. The lowest BCUT2D eigenvalue weighted by atomic mass is 10.0. The topological polar surface area (TPSA) is 38.3 Å². The Balaban J connectivity index is 1.88. The van der Waals surface area contributed by atoms with Crippen LogP contribution in [0, 0.1) is 5.92 Å². The summed E-state index contributed by atoms with van der Waals surface area (Å²) in [5.74, 6) is 0.328. The molecule has 0 amide bonds. The van der Waals surface area contributed by atoms with Crippen LogP contribution in [0.15, 0.2) is 30.3 Å². The van der Waals surface area contributed by atoms with E-state index in [9.17, 15) is 4.79 Å². The highest BCUT2D eigenvalue weighted by Crippen LogP contribution is 2.58. The fraction of sp³-hybridized carbons (Fsp3) is 0.462. The highest BCUT2D eigenvalue weighted by Gasteiger charge is 2.66. The molecule has 0 radical (unpaired) electrons. The molecule has 0 aromatic heterocycles. The number of hydrogen-bond donors (Lipinski definition) is 1. The first-order valence-corrected chi connectivity index (χ1v) is 5.70. The SMILES string of the molecule is CC(=O)OC12CC1CNC2c1ccccc1. The highest BCUT2D eigenvalue weighted by molar-refractivity contribution is 5.67. The van der Waals surface area contributed by atoms with Gasteiger partial charge in [0, 0.05) is 19.4 Å². The molecule has 3 heteroatoms. The summed E-state index contributed by atoms with van der Waals surface area (Å²) >= 11 is 0. The highest BCUT2D eigenvalue weighted by atomic mass is 16.6. The van der Waals surface area contributed by atoms with E-state index in [-0.39, 0.29) is 17.6 Å². The molecule has 1 aromatic rings. The van der Waals surface area contributed by atoms with Crippen molar-refractivity contribution >= 4 is 5.97 Å². The van der Waals surface area contributed by atoms with Gasteiger partial charge in [0.05, 0.1) is 6.04 Å². The van der Waals surface area contributed by atoms with E-state index in [2.05, 4.69) is 17.4 Å². The average molecular weight is 217 g/mol. The van der Waals surface area contributed by atoms with Crippen LogP contribution in [0.2, 0.25) is 0 Å². The van der Waals surface area contributed by atoms with Gasteiger partial charge in [-0.3, -0.25) is 4.79 Å². The van der Waals surface area contributed by atoms with Crippen molar-refractivity contribution in [2.75, 3.05) is 6.54 Å². The summed E-state index contributed by atoms with van der Waals surface area (Å²) in [5.41, 5.74) is 0.955. The third kappa shape index (κ3) is 1.35. The van der Waals surface area contributed by atoms with Gasteiger partial charge in [-0.1, -0.05) is 30.3 Å². The molecular formula is C13H15NO2. The van der Waals surface area contributed by atoms with Crippen LogP contribution < -0.4 is 5.32 Å². The fourth-order valence-corrected chi connectivity index (χ4v) is 2.85. The molecule has 3 atom stereocenters. The second kappa shape index (κ2) is 3.32. The van der Waals surface area contributed by atoms with E-state index in [4.69, 9.17) is 4.74 Å². The van der Waals surface area contributed by atoms with Crippen LogP contribution in [0.5, 0.6) is 0 Å². The first-order valence-electron chi connectivity index (χ1n) is 5.70. The molecule has 0 bridgehead atoms. The van der Waals surface area contributed by atoms with Gasteiger partial charge in [-0.25, -0.2) is 0 Å². The van der Waals surface area contributed by atoms with Crippen LogP contribution >= 0.6 is 0 Å². The minimum Gasteiger partial charge on any atom is -0.457 e. The molecule has 3 unspecified atom stereocenters. The Hall–Kier alpha value is -1.35. The molecule has 1 aliphatic carbocycles. The Kier molecular flexibility index (Phi) is 2.04. The largest absolute Gasteiger partial charge is 0.457 e. The number of carbonyl (C=O) groups is 1. The van der Waals surface area contributed by atoms with E-state index in [1.54, 1.807) is 0 Å². The summed E-state index contributed by atoms with van der Waals surface area (Å²) in [5, 5.41) is 3.44. The van der Waals surface area contributed by atoms with E-state index in [0.717, 1.165) is 13.0 Å². The molecule has 1 aromatic carbocycles. The Morgan fingerprint density at radius 3 is 2.81 bits per heavy atom. The number of fused-ring (bicyclic) bond motifs is 1. The van der Waals surface area contributed by atoms with Crippen LogP contribution in [0.1, 0.15) is 24.9 Å². The van der Waals surface area contributed by atoms with Crippen molar-refractivity contribution in [3.63, 3.8) is 0 Å². The standard InChI is InChI=1S/C13H15NO2/c1-9(15)16-13-7-11(13)8-14-12(13)10-5-3-2-4-6-10/h2-6,11-12,14H,7-8H2,1H3. The Morgan fingerprint density at radius 1 is 1.44 bits per heavy atom. The maximum atomic E-state index is 11.2. The van der Waals surface area contributed by atoms with Gasteiger partial charge in [0.1, 0.15) is 5.60 Å². The molecule has 1 saturated carbocycles. The molecule has 84 valence electrons. The van der Waals surface area contributed by atoms with E-state index in [1.165, 1.54) is 12.5 Å². The van der Waals surface area contributed by atoms with Gasteiger partial charge in [0.25, 0.3) is 0 Å². The summed E-state index contributed by atoms with van der Waals surface area (Å²) in [4.78, 5) is 11.2. The van der Waals surface area contributed by atoms with E-state index < -0.39 is 0 Å². The predicted molar refractivity (Wildman–Crippen MR) is 59.8 cm³/mol. The van der Waals surface area contributed by atoms with Crippen LogP contribution in [-0.2, 0) is 9.53 Å². The number of nitrogens with one attached hydrogen (secondary N) is 1. The monoisotopic (exact) mass is 217 g/mol. The van der Waals surface area contributed by atoms with Gasteiger partial charge in [0.15, 0.2) is 0 Å². The molecule has 3 rings (SSSR count). The number of piperidine rings is 1. The summed E-state index contributed by atoms with van der Waals surface area (Å²) in [6.45, 7) is 2.44. The number of hydrogen-bond acceptors (Lipinski definition) is 3. The maximum Gasteiger partial charge on any atom is 0.303 e. The molecule has 1 N–H and O–H groups in total. The van der Waals surface area contributed by atoms with Crippen LogP contribution in [-0.4, -0.2) is 18.1 Å². The smallest absolute Gasteiger partial charge is 0.303 e. The lowest BCUT2D eigenvalue weighted by Gasteiger charge is -2.23. The Bertz CT molecular complexity index is 417. The number of rotatable bonds is 2. The van der Waals surface area contributed by atoms with Gasteiger partial charge >= 0.3 is 5.97 Å². The minimum atomic E-state index is -0.257. The molecule has 2 fully saturated rings. The summed E-state index contributed by atoms with van der Waals surface area (Å²) in [7, 11) is 0. The molecule has 1 saturated heterocycles. The van der Waals surface area contributed by atoms with Gasteiger partial charge < -0.3 is 10.1 Å². The normalized spacial score (nSPS) is 35.6. The van der Waals surface area contributed by atoms with Crippen LogP contribution in [0.3, 0.4) is 0 Å². The first-order chi connectivity index (χ1) is 7.72. The van der Waals surface area contributed by atoms with Crippen molar-refractivity contribution in [1.82, 2.24) is 5.32 Å². The molecule has 1 heterocycles. The minimum absolute atomic E-state index is 0.169. The van der Waals surface area contributed by atoms with Crippen LogP contribution in [0.4, 0.5) is 0 Å². The predicted octanol–water partition coefficient (Wildman–Crippen LogP) is 1.65. The van der Waals surface area contributed by atoms with E-state index >= 15 is 0 Å². The van der Waals surface area contributed by atoms with E-state index in [1.807, 2.05) is 18.2 Å². The lowest BCUT2D eigenvalue weighted by Crippen LogP contribution is -2.31. The number of benzene rings is 1. The number of ether oxygens (including phenoxy) is 1. The third-order valence-corrected chi connectivity index (χ3v) is 3.62. The second-order valence-electron chi connectivity index (χ2n) is 4.70. The van der Waals surface area contributed by atoms with Crippen molar-refractivity contribution < 1.29 is 9.53 Å². The molecule has 1 aliphatic heterocycles. The zero-order valence-corrected chi connectivity index (χ0v) is 9.27. The zero-order chi connectivity index (χ0) is 11.2. The molecule has 16 heavy (non-hydrogen) atoms. The fourth-order valence-electron chi connectivity index (χ4n) is 2.85. The summed E-state index contributed by atoms with van der Waals surface area (Å²) < 4.78 is 5.54. The third-order valence-electron chi connectivity index (χ3n) is 3.62. The van der Waals surface area contributed by atoms with Crippen molar-refractivity contribution in [1.29, 1.82) is 0 Å². The van der Waals surface area contributed by atoms with Crippen molar-refractivity contribution in [2.45, 2.75) is 25.0 Å². The zero-order valence-electron chi connectivity index (χ0n) is 9.27. The van der Waals surface area contributed by atoms with Gasteiger partial charge in [-0.2, -0.15) is 0 Å². The van der Waals surface area contributed by atoms with E-state index in [0.29, 0.717) is 5.92 Å². The molecular weight excluding hydrogens is 202 g/mol. The molecule has 0 spiro atoms. The van der Waals surface area contributed by atoms with Gasteiger partial charge in [-0.15, -0.1) is 0 Å². The van der Waals surface area contributed by atoms with Crippen molar-refractivity contribution in [3.8, 4) is 0 Å². The Morgan fingerprint density at radius 2 is 2.19 bits per heavy atom. The second-order valence-corrected chi connectivity index (χ2v) is 4.70. The maximum absolute atomic E-state index is 11.2. The Labute approximate surface area is 94.8 Å². The lowest BCUT2D eigenvalue weighted by molar-refractivity contribution is -0.150. The van der Waals surface area contributed by atoms with Gasteiger partial charge in [-0.05, 0) is 12.0 Å². The molecule has 3 nitrogen and oxygen atoms in total. The quantitative estimate of drug-likeness (QED) is 0.765. The van der Waals surface area contributed by atoms with Crippen molar-refractivity contribution in [2.24, 2.45) is 5.92 Å². The number of carbonyl (C=O) groups excluding carboxylic acids is 1. The average Bonchev–Trinajstić information content (AvgIpc) is 2.84. The summed E-state index contributed by atoms with van der Waals surface area (Å²) in [6.07, 6.45) is 0.999. The first kappa shape index (κ1) is 9.85. The number of esters is 1. The van der Waals surface area contributed by atoms with Crippen molar-refractivity contribution in [3.05, 3.63) is 35.9 Å². The van der Waals surface area contributed by atoms with Gasteiger partial charge in [0.2, 0.25) is 0 Å².